The highest BCUT2D eigenvalue weighted by Crippen LogP contribution is 2.24. The van der Waals surface area contributed by atoms with Crippen LogP contribution in [0.5, 0.6) is 5.75 Å². The first-order chi connectivity index (χ1) is 5.52. The number of aromatic hydroxyl groups is 1. The van der Waals surface area contributed by atoms with Crippen molar-refractivity contribution in [1.29, 1.82) is 0 Å². The van der Waals surface area contributed by atoms with Crippen LogP contribution in [0.25, 0.3) is 0 Å². The molecule has 0 radical (unpaired) electrons. The van der Waals surface area contributed by atoms with Gasteiger partial charge in [0.1, 0.15) is 11.4 Å². The number of halogens is 2. The molecular formula is C7H7F2NO2. The highest BCUT2D eigenvalue weighted by atomic mass is 19.3. The zero-order valence-electron chi connectivity index (χ0n) is 6.27. The highest BCUT2D eigenvalue weighted by Gasteiger charge is 2.14. The van der Waals surface area contributed by atoms with Gasteiger partial charge in [-0.1, -0.05) is 0 Å². The Hall–Kier alpha value is -1.39. The van der Waals surface area contributed by atoms with Gasteiger partial charge in [-0.2, -0.15) is 0 Å². The molecule has 0 amide bonds. The van der Waals surface area contributed by atoms with Crippen LogP contribution in [0.4, 0.5) is 8.78 Å². The number of pyridine rings is 1. The summed E-state index contributed by atoms with van der Waals surface area (Å²) < 4.78 is 24.0. The molecule has 0 aromatic carbocycles. The number of hydrogen-bond donors (Lipinski definition) is 2. The standard InChI is InChI=1S/C7H7F2NO2/c1-3-2-4(11)5(6(8)9)10-7(3)12/h2,6,11H,1H3,(H,10,12). The van der Waals surface area contributed by atoms with E-state index >= 15 is 0 Å². The van der Waals surface area contributed by atoms with Crippen molar-refractivity contribution in [3.63, 3.8) is 0 Å². The van der Waals surface area contributed by atoms with Gasteiger partial charge in [0.15, 0.2) is 0 Å². The topological polar surface area (TPSA) is 53.1 Å². The van der Waals surface area contributed by atoms with Crippen molar-refractivity contribution in [2.24, 2.45) is 0 Å². The molecule has 66 valence electrons. The van der Waals surface area contributed by atoms with Gasteiger partial charge < -0.3 is 10.1 Å². The molecule has 1 aromatic rings. The van der Waals surface area contributed by atoms with Crippen LogP contribution in [0.2, 0.25) is 0 Å². The minimum atomic E-state index is -2.86. The van der Waals surface area contributed by atoms with Gasteiger partial charge in [0.05, 0.1) is 0 Å². The molecule has 2 N–H and O–H groups in total. The Balaban J connectivity index is 3.33. The molecule has 12 heavy (non-hydrogen) atoms. The van der Waals surface area contributed by atoms with E-state index in [0.29, 0.717) is 0 Å². The second-order valence-electron chi connectivity index (χ2n) is 2.38. The minimum absolute atomic E-state index is 0.205. The highest BCUT2D eigenvalue weighted by molar-refractivity contribution is 5.30. The van der Waals surface area contributed by atoms with E-state index in [1.165, 1.54) is 6.92 Å². The second kappa shape index (κ2) is 2.92. The van der Waals surface area contributed by atoms with Crippen molar-refractivity contribution < 1.29 is 13.9 Å². The predicted molar refractivity (Wildman–Crippen MR) is 38.4 cm³/mol. The Morgan fingerprint density at radius 2 is 2.17 bits per heavy atom. The lowest BCUT2D eigenvalue weighted by atomic mass is 10.2. The van der Waals surface area contributed by atoms with E-state index < -0.39 is 23.4 Å². The zero-order valence-corrected chi connectivity index (χ0v) is 6.27. The number of alkyl halides is 2. The van der Waals surface area contributed by atoms with E-state index in [1.807, 2.05) is 4.98 Å². The fourth-order valence-corrected chi connectivity index (χ4v) is 0.800. The molecule has 5 heteroatoms. The van der Waals surface area contributed by atoms with Crippen molar-refractivity contribution in [3.8, 4) is 5.75 Å². The molecule has 0 saturated heterocycles. The summed E-state index contributed by atoms with van der Waals surface area (Å²) in [7, 11) is 0. The lowest BCUT2D eigenvalue weighted by Crippen LogP contribution is -2.11. The molecule has 1 heterocycles. The molecule has 0 unspecified atom stereocenters. The van der Waals surface area contributed by atoms with Gasteiger partial charge in [0.2, 0.25) is 0 Å². The lowest BCUT2D eigenvalue weighted by Gasteiger charge is -2.02. The van der Waals surface area contributed by atoms with Crippen molar-refractivity contribution in [2.45, 2.75) is 13.3 Å². The maximum atomic E-state index is 12.0. The first-order valence-corrected chi connectivity index (χ1v) is 3.23. The van der Waals surface area contributed by atoms with E-state index in [1.54, 1.807) is 0 Å². The number of hydrogen-bond acceptors (Lipinski definition) is 2. The summed E-state index contributed by atoms with van der Waals surface area (Å²) in [6.45, 7) is 1.42. The average Bonchev–Trinajstić information content (AvgIpc) is 1.96. The molecule has 0 aliphatic heterocycles. The van der Waals surface area contributed by atoms with Crippen molar-refractivity contribution in [2.75, 3.05) is 0 Å². The van der Waals surface area contributed by atoms with E-state index in [4.69, 9.17) is 5.11 Å². The maximum Gasteiger partial charge on any atom is 0.281 e. The van der Waals surface area contributed by atoms with Crippen LogP contribution in [0, 0.1) is 6.92 Å². The fourth-order valence-electron chi connectivity index (χ4n) is 0.800. The smallest absolute Gasteiger partial charge is 0.281 e. The summed E-state index contributed by atoms with van der Waals surface area (Å²) in [5.41, 5.74) is -1.13. The summed E-state index contributed by atoms with van der Waals surface area (Å²) in [5.74, 6) is -0.581. The predicted octanol–water partition coefficient (Wildman–Crippen LogP) is 1.33. The van der Waals surface area contributed by atoms with E-state index in [9.17, 15) is 13.6 Å². The Morgan fingerprint density at radius 1 is 1.58 bits per heavy atom. The Kier molecular flexibility index (Phi) is 2.12. The van der Waals surface area contributed by atoms with Crippen molar-refractivity contribution in [1.82, 2.24) is 4.98 Å². The van der Waals surface area contributed by atoms with Crippen LogP contribution in [-0.4, -0.2) is 10.1 Å². The van der Waals surface area contributed by atoms with Gasteiger partial charge in [0.25, 0.3) is 12.0 Å². The van der Waals surface area contributed by atoms with Gasteiger partial charge in [-0.05, 0) is 13.0 Å². The van der Waals surface area contributed by atoms with E-state index in [-0.39, 0.29) is 5.56 Å². The number of nitrogens with one attached hydrogen (secondary N) is 1. The van der Waals surface area contributed by atoms with Gasteiger partial charge in [-0.15, -0.1) is 0 Å². The Bertz CT molecular complexity index is 346. The fraction of sp³-hybridized carbons (Fsp3) is 0.286. The average molecular weight is 175 g/mol. The van der Waals surface area contributed by atoms with Crippen LogP contribution in [0.3, 0.4) is 0 Å². The molecular weight excluding hydrogens is 168 g/mol. The molecule has 0 aliphatic carbocycles. The van der Waals surface area contributed by atoms with Crippen LogP contribution in [0.15, 0.2) is 10.9 Å². The third kappa shape index (κ3) is 1.44. The van der Waals surface area contributed by atoms with E-state index in [0.717, 1.165) is 6.07 Å². The van der Waals surface area contributed by atoms with Gasteiger partial charge in [0, 0.05) is 5.56 Å². The normalized spacial score (nSPS) is 10.7. The SMILES string of the molecule is Cc1cc(O)c(C(F)F)[nH]c1=O. The largest absolute Gasteiger partial charge is 0.506 e. The second-order valence-corrected chi connectivity index (χ2v) is 2.38. The lowest BCUT2D eigenvalue weighted by molar-refractivity contribution is 0.141. The van der Waals surface area contributed by atoms with Crippen molar-refractivity contribution >= 4 is 0 Å². The molecule has 0 spiro atoms. The first kappa shape index (κ1) is 8.70. The molecule has 0 fully saturated rings. The summed E-state index contributed by atoms with van der Waals surface area (Å²) in [5, 5.41) is 8.94. The molecule has 1 aromatic heterocycles. The number of aromatic amines is 1. The monoisotopic (exact) mass is 175 g/mol. The van der Waals surface area contributed by atoms with Crippen LogP contribution >= 0.6 is 0 Å². The van der Waals surface area contributed by atoms with Crippen molar-refractivity contribution in [3.05, 3.63) is 27.7 Å². The molecule has 0 saturated carbocycles. The zero-order chi connectivity index (χ0) is 9.30. The third-order valence-corrected chi connectivity index (χ3v) is 1.45. The van der Waals surface area contributed by atoms with Crippen LogP contribution in [-0.2, 0) is 0 Å². The van der Waals surface area contributed by atoms with Gasteiger partial charge >= 0.3 is 0 Å². The molecule has 0 aliphatic rings. The Morgan fingerprint density at radius 3 is 2.67 bits per heavy atom. The molecule has 1 rings (SSSR count). The third-order valence-electron chi connectivity index (χ3n) is 1.45. The molecule has 0 atom stereocenters. The summed E-state index contributed by atoms with van der Waals surface area (Å²) in [6, 6.07) is 1.01. The quantitative estimate of drug-likeness (QED) is 0.676. The molecule has 0 bridgehead atoms. The summed E-state index contributed by atoms with van der Waals surface area (Å²) in [4.78, 5) is 12.7. The van der Waals surface area contributed by atoms with Gasteiger partial charge in [-0.25, -0.2) is 8.78 Å². The van der Waals surface area contributed by atoms with E-state index in [2.05, 4.69) is 0 Å². The Labute approximate surface area is 66.7 Å². The van der Waals surface area contributed by atoms with Crippen LogP contribution in [0.1, 0.15) is 17.7 Å². The number of H-pyrrole nitrogens is 1. The summed E-state index contributed by atoms with van der Waals surface area (Å²) in [6.07, 6.45) is -2.86. The number of aryl methyl sites for hydroxylation is 1. The summed E-state index contributed by atoms with van der Waals surface area (Å²) >= 11 is 0. The number of rotatable bonds is 1. The number of aromatic nitrogens is 1. The first-order valence-electron chi connectivity index (χ1n) is 3.23. The van der Waals surface area contributed by atoms with Gasteiger partial charge in [-0.3, -0.25) is 4.79 Å². The minimum Gasteiger partial charge on any atom is -0.506 e. The van der Waals surface area contributed by atoms with Crippen LogP contribution < -0.4 is 5.56 Å². The maximum absolute atomic E-state index is 12.0. The molecule has 3 nitrogen and oxygen atoms in total.